The number of methoxy groups -OCH3 is 1. The number of fused-ring (bicyclic) bond motifs is 1. The molecule has 0 radical (unpaired) electrons. The molecular formula is C28H21ClN3NaO6. The van der Waals surface area contributed by atoms with Gasteiger partial charge in [0.25, 0.3) is 0 Å². The number of carbonyl (C=O) groups excluding carboxylic acids is 2. The van der Waals surface area contributed by atoms with Crippen molar-refractivity contribution >= 4 is 23.4 Å². The molecule has 1 aliphatic heterocycles. The van der Waals surface area contributed by atoms with E-state index in [1.54, 1.807) is 61.8 Å². The van der Waals surface area contributed by atoms with Crippen LogP contribution in [0.5, 0.6) is 23.1 Å². The fraction of sp³-hybridized carbons (Fsp3) is 0.179. The third kappa shape index (κ3) is 6.57. The Bertz CT molecular complexity index is 1480. The molecule has 4 aromatic rings. The van der Waals surface area contributed by atoms with E-state index in [9.17, 15) is 14.7 Å². The number of Topliss-reactive ketones (excluding diaryl/α,β-unsaturated/α-hetero) is 1. The molecule has 0 saturated heterocycles. The zero-order valence-corrected chi connectivity index (χ0v) is 24.0. The van der Waals surface area contributed by atoms with Gasteiger partial charge in [0.1, 0.15) is 17.2 Å². The Labute approximate surface area is 251 Å². The van der Waals surface area contributed by atoms with E-state index in [2.05, 4.69) is 15.2 Å². The second kappa shape index (κ2) is 12.6. The summed E-state index contributed by atoms with van der Waals surface area (Å²) in [5.74, 6) is -0.414. The normalized spacial score (nSPS) is 13.8. The Morgan fingerprint density at radius 3 is 2.51 bits per heavy atom. The van der Waals surface area contributed by atoms with Gasteiger partial charge in [0.05, 0.1) is 36.5 Å². The number of ketones is 1. The number of nitrogens with zero attached hydrogens (tertiary/aromatic N) is 3. The number of carboxylic acid groups (broad SMARTS) is 1. The molecule has 2 aromatic heterocycles. The summed E-state index contributed by atoms with van der Waals surface area (Å²) in [5.41, 5.74) is 2.91. The SMILES string of the molecule is COc1ccc(-c2ccc(CC(=O)c3ccc(Oc4cc5c(cc4Cl)C(C(=O)[O-])CCO5)cc3)nn2)cn1.[Na+]. The number of aliphatic carboxylic acids is 1. The van der Waals surface area contributed by atoms with Crippen LogP contribution < -0.4 is 48.9 Å². The number of carboxylic acids is 1. The molecule has 192 valence electrons. The molecule has 39 heavy (non-hydrogen) atoms. The maximum Gasteiger partial charge on any atom is 1.00 e. The fourth-order valence-electron chi connectivity index (χ4n) is 4.08. The Hall–Kier alpha value is -3.50. The molecule has 1 atom stereocenters. The van der Waals surface area contributed by atoms with Gasteiger partial charge in [0.2, 0.25) is 5.88 Å². The predicted octanol–water partition coefficient (Wildman–Crippen LogP) is 1.04. The molecule has 0 amide bonds. The topological polar surface area (TPSA) is 124 Å². The summed E-state index contributed by atoms with van der Waals surface area (Å²) in [5, 5.41) is 20.0. The van der Waals surface area contributed by atoms with Crippen molar-refractivity contribution in [3.05, 3.63) is 88.7 Å². The Kier molecular flexibility index (Phi) is 9.19. The van der Waals surface area contributed by atoms with Crippen LogP contribution in [0.15, 0.2) is 66.9 Å². The number of ether oxygens (including phenoxy) is 3. The Morgan fingerprint density at radius 1 is 1.08 bits per heavy atom. The quantitative estimate of drug-likeness (QED) is 0.232. The van der Waals surface area contributed by atoms with E-state index in [1.807, 2.05) is 6.07 Å². The number of hydrogen-bond acceptors (Lipinski definition) is 9. The standard InChI is InChI=1S/C28H22ClN3O6.Na/c1-36-27-9-4-17(15-30-27)23-8-5-18(31-32-23)12-24(33)16-2-6-19(7-3-16)38-26-14-25-21(13-22(26)29)20(28(34)35)10-11-37-25;/h2-9,13-15,20H,10-12H2,1H3,(H,34,35);/q;+1/p-1. The molecule has 5 rings (SSSR count). The summed E-state index contributed by atoms with van der Waals surface area (Å²) in [6, 6.07) is 16.8. The molecule has 0 saturated carbocycles. The third-order valence-electron chi connectivity index (χ3n) is 6.10. The van der Waals surface area contributed by atoms with Crippen LogP contribution in [0.3, 0.4) is 0 Å². The van der Waals surface area contributed by atoms with Gasteiger partial charge in [0.15, 0.2) is 5.78 Å². The average Bonchev–Trinajstić information content (AvgIpc) is 2.94. The monoisotopic (exact) mass is 553 g/mol. The van der Waals surface area contributed by atoms with Crippen molar-refractivity contribution in [2.75, 3.05) is 13.7 Å². The van der Waals surface area contributed by atoms with Gasteiger partial charge in [-0.2, -0.15) is 10.2 Å². The van der Waals surface area contributed by atoms with Gasteiger partial charge in [-0.1, -0.05) is 11.6 Å². The Balaban J connectivity index is 0.00000353. The summed E-state index contributed by atoms with van der Waals surface area (Å²) >= 11 is 6.35. The number of benzene rings is 2. The van der Waals surface area contributed by atoms with Gasteiger partial charge >= 0.3 is 29.6 Å². The van der Waals surface area contributed by atoms with E-state index >= 15 is 0 Å². The maximum absolute atomic E-state index is 12.8. The van der Waals surface area contributed by atoms with Crippen LogP contribution in [0.1, 0.15) is 34.0 Å². The molecule has 2 aromatic carbocycles. The zero-order valence-electron chi connectivity index (χ0n) is 21.2. The van der Waals surface area contributed by atoms with Crippen LogP contribution in [0.2, 0.25) is 5.02 Å². The molecule has 1 aliphatic rings. The van der Waals surface area contributed by atoms with Crippen LogP contribution in [-0.4, -0.2) is 40.7 Å². The molecule has 0 N–H and O–H groups in total. The number of carbonyl (C=O) groups is 2. The Morgan fingerprint density at radius 2 is 1.87 bits per heavy atom. The molecule has 1 unspecified atom stereocenters. The average molecular weight is 554 g/mol. The van der Waals surface area contributed by atoms with Crippen molar-refractivity contribution in [3.63, 3.8) is 0 Å². The first-order valence-corrected chi connectivity index (χ1v) is 12.1. The van der Waals surface area contributed by atoms with Crippen LogP contribution >= 0.6 is 11.6 Å². The minimum absolute atomic E-state index is 0. The van der Waals surface area contributed by atoms with Gasteiger partial charge in [0, 0.05) is 46.9 Å². The molecule has 3 heterocycles. The molecule has 0 fully saturated rings. The predicted molar refractivity (Wildman–Crippen MR) is 136 cm³/mol. The number of rotatable bonds is 8. The van der Waals surface area contributed by atoms with Crippen LogP contribution in [0.4, 0.5) is 0 Å². The third-order valence-corrected chi connectivity index (χ3v) is 6.39. The molecule has 11 heteroatoms. The summed E-state index contributed by atoms with van der Waals surface area (Å²) in [7, 11) is 1.55. The minimum Gasteiger partial charge on any atom is -0.549 e. The summed E-state index contributed by atoms with van der Waals surface area (Å²) < 4.78 is 16.5. The first-order chi connectivity index (χ1) is 18.4. The van der Waals surface area contributed by atoms with Crippen molar-refractivity contribution in [1.29, 1.82) is 0 Å². The number of pyridine rings is 1. The molecule has 0 spiro atoms. The van der Waals surface area contributed by atoms with E-state index in [1.165, 1.54) is 6.07 Å². The van der Waals surface area contributed by atoms with E-state index in [-0.39, 0.29) is 53.4 Å². The number of hydrogen-bond donors (Lipinski definition) is 0. The van der Waals surface area contributed by atoms with Crippen LogP contribution in [0, 0.1) is 0 Å². The van der Waals surface area contributed by atoms with Gasteiger partial charge in [-0.25, -0.2) is 4.98 Å². The number of halogens is 1. The molecule has 0 aliphatic carbocycles. The van der Waals surface area contributed by atoms with Gasteiger partial charge in [-0.15, -0.1) is 0 Å². The van der Waals surface area contributed by atoms with Gasteiger partial charge in [-0.3, -0.25) is 4.79 Å². The first kappa shape index (κ1) is 28.5. The first-order valence-electron chi connectivity index (χ1n) is 11.7. The second-order valence-corrected chi connectivity index (χ2v) is 8.96. The molecule has 9 nitrogen and oxygen atoms in total. The van der Waals surface area contributed by atoms with Crippen molar-refractivity contribution in [3.8, 4) is 34.4 Å². The van der Waals surface area contributed by atoms with Crippen LogP contribution in [0.25, 0.3) is 11.3 Å². The van der Waals surface area contributed by atoms with Crippen molar-refractivity contribution in [2.45, 2.75) is 18.8 Å². The van der Waals surface area contributed by atoms with E-state index < -0.39 is 11.9 Å². The summed E-state index contributed by atoms with van der Waals surface area (Å²) in [4.78, 5) is 28.4. The van der Waals surface area contributed by atoms with E-state index in [4.69, 9.17) is 25.8 Å². The van der Waals surface area contributed by atoms with Gasteiger partial charge < -0.3 is 24.1 Å². The van der Waals surface area contributed by atoms with Crippen molar-refractivity contribution < 1.29 is 58.5 Å². The van der Waals surface area contributed by atoms with Gasteiger partial charge in [-0.05, 0) is 55.0 Å². The maximum atomic E-state index is 12.8. The largest absolute Gasteiger partial charge is 1.00 e. The van der Waals surface area contributed by atoms with Crippen molar-refractivity contribution in [2.24, 2.45) is 0 Å². The molecule has 0 bridgehead atoms. The number of aromatic nitrogens is 3. The molecular weight excluding hydrogens is 533 g/mol. The minimum atomic E-state index is -1.17. The summed E-state index contributed by atoms with van der Waals surface area (Å²) in [6.07, 6.45) is 2.05. The second-order valence-electron chi connectivity index (χ2n) is 8.55. The summed E-state index contributed by atoms with van der Waals surface area (Å²) in [6.45, 7) is 0.259. The zero-order chi connectivity index (χ0) is 26.6. The van der Waals surface area contributed by atoms with Crippen LogP contribution in [-0.2, 0) is 11.2 Å². The van der Waals surface area contributed by atoms with Crippen molar-refractivity contribution in [1.82, 2.24) is 15.2 Å². The fourth-order valence-corrected chi connectivity index (χ4v) is 4.29. The smallest absolute Gasteiger partial charge is 0.549 e. The van der Waals surface area contributed by atoms with E-state index in [0.29, 0.717) is 52.1 Å². The van der Waals surface area contributed by atoms with E-state index in [0.717, 1.165) is 5.56 Å².